The molecular weight excluding hydrogens is 350 g/mol. The van der Waals surface area contributed by atoms with Gasteiger partial charge in [0.2, 0.25) is 0 Å². The third-order valence-electron chi connectivity index (χ3n) is 5.59. The van der Waals surface area contributed by atoms with E-state index in [9.17, 15) is 0 Å². The summed E-state index contributed by atoms with van der Waals surface area (Å²) in [5.74, 6) is 0. The number of unbranched alkanes of at least 4 members (excludes halogenated alkanes) is 10. The van der Waals surface area contributed by atoms with E-state index in [0.29, 0.717) is 0 Å². The van der Waals surface area contributed by atoms with E-state index in [0.717, 1.165) is 6.54 Å². The van der Waals surface area contributed by atoms with Crippen molar-refractivity contribution in [1.29, 1.82) is 0 Å². The van der Waals surface area contributed by atoms with Crippen molar-refractivity contribution in [2.45, 2.75) is 110 Å². The molecule has 0 aliphatic heterocycles. The van der Waals surface area contributed by atoms with Crippen LogP contribution in [0, 0.1) is 0 Å². The molecule has 0 saturated carbocycles. The molecule has 1 rings (SSSR count). The van der Waals surface area contributed by atoms with E-state index in [1.165, 1.54) is 82.6 Å². The molecule has 0 aliphatic rings. The largest absolute Gasteiger partial charge is 0.369 e. The molecule has 0 heterocycles. The summed E-state index contributed by atoms with van der Waals surface area (Å²) >= 11 is 0. The minimum absolute atomic E-state index is 0. The van der Waals surface area contributed by atoms with Gasteiger partial charge in [-0.05, 0) is 32.0 Å². The van der Waals surface area contributed by atoms with Crippen LogP contribution in [0.15, 0.2) is 43.1 Å². The van der Waals surface area contributed by atoms with Gasteiger partial charge in [0.1, 0.15) is 0 Å². The molecule has 1 aromatic carbocycles. The summed E-state index contributed by atoms with van der Waals surface area (Å²) in [7, 11) is 0. The quantitative estimate of drug-likeness (QED) is 0.254. The van der Waals surface area contributed by atoms with Gasteiger partial charge in [-0.2, -0.15) is 0 Å². The summed E-state index contributed by atoms with van der Waals surface area (Å²) in [5.41, 5.74) is 1.54. The second kappa shape index (κ2) is 16.0. The molecule has 0 amide bonds. The highest BCUT2D eigenvalue weighted by Gasteiger charge is 2.23. The van der Waals surface area contributed by atoms with Gasteiger partial charge in [-0.1, -0.05) is 114 Å². The molecule has 1 aromatic rings. The molecule has 0 spiro atoms. The Balaban J connectivity index is 0.00000676. The first-order valence-electron chi connectivity index (χ1n) is 11.0. The Kier molecular flexibility index (Phi) is 15.5. The minimum atomic E-state index is 0. The molecule has 0 atom stereocenters. The Morgan fingerprint density at radius 1 is 0.815 bits per heavy atom. The van der Waals surface area contributed by atoms with Gasteiger partial charge in [-0.3, -0.25) is 0 Å². The van der Waals surface area contributed by atoms with Crippen molar-refractivity contribution in [3.05, 3.63) is 48.7 Å². The molecule has 156 valence electrons. The zero-order chi connectivity index (χ0) is 19.1. The first-order valence-corrected chi connectivity index (χ1v) is 11.0. The standard InChI is InChI=1S/C25H43N.ClH/c1-5-7-8-9-10-11-12-13-14-15-19-22-25(3,4)26(6-2)23-24-20-17-16-18-21-24;/h6,16-18,20-21H,2,5,7-15,19,22-23H2,1,3-4H3;1H. The van der Waals surface area contributed by atoms with Crippen LogP contribution in [0.5, 0.6) is 0 Å². The van der Waals surface area contributed by atoms with Gasteiger partial charge in [-0.25, -0.2) is 0 Å². The van der Waals surface area contributed by atoms with Gasteiger partial charge in [0.25, 0.3) is 0 Å². The van der Waals surface area contributed by atoms with E-state index in [1.54, 1.807) is 0 Å². The van der Waals surface area contributed by atoms with Gasteiger partial charge in [0, 0.05) is 12.1 Å². The number of hydrogen-bond donors (Lipinski definition) is 0. The fraction of sp³-hybridized carbons (Fsp3) is 0.680. The van der Waals surface area contributed by atoms with Crippen LogP contribution in [0.25, 0.3) is 0 Å². The molecule has 0 saturated heterocycles. The van der Waals surface area contributed by atoms with Gasteiger partial charge < -0.3 is 4.90 Å². The lowest BCUT2D eigenvalue weighted by Crippen LogP contribution is -2.39. The Hall–Kier alpha value is -0.950. The summed E-state index contributed by atoms with van der Waals surface area (Å²) in [6, 6.07) is 10.7. The van der Waals surface area contributed by atoms with Gasteiger partial charge in [0.05, 0.1) is 0 Å². The predicted octanol–water partition coefficient (Wildman–Crippen LogP) is 8.53. The lowest BCUT2D eigenvalue weighted by Gasteiger charge is -2.38. The third-order valence-corrected chi connectivity index (χ3v) is 5.59. The first-order chi connectivity index (χ1) is 12.6. The molecule has 0 N–H and O–H groups in total. The van der Waals surface area contributed by atoms with E-state index in [1.807, 2.05) is 6.20 Å². The molecule has 0 fully saturated rings. The smallest absolute Gasteiger partial charge is 0.0429 e. The Morgan fingerprint density at radius 2 is 1.30 bits per heavy atom. The second-order valence-electron chi connectivity index (χ2n) is 8.39. The summed E-state index contributed by atoms with van der Waals surface area (Å²) in [6.07, 6.45) is 18.7. The van der Waals surface area contributed by atoms with Gasteiger partial charge in [0.15, 0.2) is 0 Å². The molecule has 0 aliphatic carbocycles. The monoisotopic (exact) mass is 393 g/mol. The zero-order valence-corrected chi connectivity index (χ0v) is 19.0. The molecule has 27 heavy (non-hydrogen) atoms. The number of nitrogens with zero attached hydrogens (tertiary/aromatic N) is 1. The predicted molar refractivity (Wildman–Crippen MR) is 125 cm³/mol. The highest BCUT2D eigenvalue weighted by atomic mass is 35.5. The van der Waals surface area contributed by atoms with Crippen molar-refractivity contribution in [3.63, 3.8) is 0 Å². The summed E-state index contributed by atoms with van der Waals surface area (Å²) in [6.45, 7) is 12.0. The summed E-state index contributed by atoms with van der Waals surface area (Å²) in [4.78, 5) is 2.40. The Bertz CT molecular complexity index is 455. The van der Waals surface area contributed by atoms with Crippen molar-refractivity contribution in [3.8, 4) is 0 Å². The van der Waals surface area contributed by atoms with Crippen molar-refractivity contribution >= 4 is 12.4 Å². The average Bonchev–Trinajstić information content (AvgIpc) is 2.64. The van der Waals surface area contributed by atoms with E-state index in [-0.39, 0.29) is 17.9 Å². The third kappa shape index (κ3) is 12.2. The zero-order valence-electron chi connectivity index (χ0n) is 18.2. The topological polar surface area (TPSA) is 3.24 Å². The van der Waals surface area contributed by atoms with Crippen molar-refractivity contribution < 1.29 is 0 Å². The van der Waals surface area contributed by atoms with Gasteiger partial charge in [-0.15, -0.1) is 12.4 Å². The number of benzene rings is 1. The maximum Gasteiger partial charge on any atom is 0.0429 e. The van der Waals surface area contributed by atoms with E-state index in [2.05, 4.69) is 62.6 Å². The van der Waals surface area contributed by atoms with Crippen molar-refractivity contribution in [2.75, 3.05) is 0 Å². The van der Waals surface area contributed by atoms with Crippen LogP contribution in [0.3, 0.4) is 0 Å². The molecule has 0 aromatic heterocycles. The molecule has 2 heteroatoms. The van der Waals surface area contributed by atoms with Crippen LogP contribution in [-0.4, -0.2) is 10.4 Å². The normalized spacial score (nSPS) is 11.1. The SMILES string of the molecule is C=CN(Cc1ccccc1)C(C)(C)CCCCCCCCCCCCC.Cl. The van der Waals surface area contributed by atoms with E-state index < -0.39 is 0 Å². The number of rotatable bonds is 16. The van der Waals surface area contributed by atoms with Crippen molar-refractivity contribution in [1.82, 2.24) is 4.90 Å². The summed E-state index contributed by atoms with van der Waals surface area (Å²) < 4.78 is 0. The highest BCUT2D eigenvalue weighted by Crippen LogP contribution is 2.25. The lowest BCUT2D eigenvalue weighted by atomic mass is 9.93. The first kappa shape index (κ1) is 26.1. The van der Waals surface area contributed by atoms with Crippen LogP contribution in [-0.2, 0) is 6.54 Å². The van der Waals surface area contributed by atoms with E-state index in [4.69, 9.17) is 0 Å². The fourth-order valence-electron chi connectivity index (χ4n) is 3.67. The molecular formula is C25H44ClN. The van der Waals surface area contributed by atoms with Crippen LogP contribution in [0.1, 0.15) is 103 Å². The Morgan fingerprint density at radius 3 is 1.78 bits per heavy atom. The maximum atomic E-state index is 4.05. The van der Waals surface area contributed by atoms with Crippen molar-refractivity contribution in [2.24, 2.45) is 0 Å². The highest BCUT2D eigenvalue weighted by molar-refractivity contribution is 5.85. The summed E-state index contributed by atoms with van der Waals surface area (Å²) in [5, 5.41) is 0. The van der Waals surface area contributed by atoms with Crippen LogP contribution < -0.4 is 0 Å². The lowest BCUT2D eigenvalue weighted by molar-refractivity contribution is 0.160. The molecule has 0 radical (unpaired) electrons. The van der Waals surface area contributed by atoms with Crippen LogP contribution in [0.4, 0.5) is 0 Å². The fourth-order valence-corrected chi connectivity index (χ4v) is 3.67. The molecule has 0 bridgehead atoms. The minimum Gasteiger partial charge on any atom is -0.369 e. The maximum absolute atomic E-state index is 4.05. The number of hydrogen-bond acceptors (Lipinski definition) is 1. The Labute approximate surface area is 176 Å². The van der Waals surface area contributed by atoms with Crippen LogP contribution >= 0.6 is 12.4 Å². The number of halogens is 1. The van der Waals surface area contributed by atoms with Crippen LogP contribution in [0.2, 0.25) is 0 Å². The average molecular weight is 394 g/mol. The second-order valence-corrected chi connectivity index (χ2v) is 8.39. The molecule has 0 unspecified atom stereocenters. The van der Waals surface area contributed by atoms with Gasteiger partial charge >= 0.3 is 0 Å². The van der Waals surface area contributed by atoms with E-state index >= 15 is 0 Å². The molecule has 1 nitrogen and oxygen atoms in total.